The summed E-state index contributed by atoms with van der Waals surface area (Å²) >= 11 is 0. The Morgan fingerprint density at radius 2 is 1.79 bits per heavy atom. The van der Waals surface area contributed by atoms with Crippen molar-refractivity contribution in [3.05, 3.63) is 28.8 Å². The molecule has 0 radical (unpaired) electrons. The van der Waals surface area contributed by atoms with Crippen molar-refractivity contribution in [2.24, 2.45) is 0 Å². The van der Waals surface area contributed by atoms with Gasteiger partial charge in [-0.05, 0) is 44.9 Å². The molecule has 0 saturated heterocycles. The third-order valence-corrected chi connectivity index (χ3v) is 2.28. The molecule has 0 fully saturated rings. The van der Waals surface area contributed by atoms with Gasteiger partial charge in [0.2, 0.25) is 0 Å². The van der Waals surface area contributed by atoms with Crippen LogP contribution in [0.2, 0.25) is 0 Å². The predicted octanol–water partition coefficient (Wildman–Crippen LogP) is 2.54. The van der Waals surface area contributed by atoms with Crippen molar-refractivity contribution in [1.82, 2.24) is 0 Å². The average Bonchev–Trinajstić information content (AvgIpc) is 1.99. The van der Waals surface area contributed by atoms with Crippen LogP contribution in [0.3, 0.4) is 0 Å². The number of methoxy groups -OCH3 is 1. The van der Waals surface area contributed by atoms with Crippen LogP contribution >= 0.6 is 0 Å². The lowest BCUT2D eigenvalue weighted by Crippen LogP contribution is -2.18. The predicted molar refractivity (Wildman–Crippen MR) is 57.7 cm³/mol. The van der Waals surface area contributed by atoms with Crippen LogP contribution in [0, 0.1) is 13.8 Å². The Morgan fingerprint density at radius 3 is 2.21 bits per heavy atom. The Hall–Kier alpha value is -1.02. The summed E-state index contributed by atoms with van der Waals surface area (Å²) in [5.41, 5.74) is 2.22. The Labute approximate surface area is 85.5 Å². The van der Waals surface area contributed by atoms with Crippen molar-refractivity contribution in [3.63, 3.8) is 0 Å². The molecule has 0 saturated carbocycles. The maximum absolute atomic E-state index is 9.99. The summed E-state index contributed by atoms with van der Waals surface area (Å²) in [6.45, 7) is 7.55. The van der Waals surface area contributed by atoms with Gasteiger partial charge in [0.15, 0.2) is 0 Å². The van der Waals surface area contributed by atoms with Crippen molar-refractivity contribution < 1.29 is 9.84 Å². The first-order chi connectivity index (χ1) is 6.36. The topological polar surface area (TPSA) is 29.5 Å². The zero-order valence-corrected chi connectivity index (χ0v) is 9.51. The van der Waals surface area contributed by atoms with E-state index in [9.17, 15) is 5.11 Å². The molecule has 0 aliphatic rings. The fourth-order valence-corrected chi connectivity index (χ4v) is 1.87. The Kier molecular flexibility index (Phi) is 2.86. The summed E-state index contributed by atoms with van der Waals surface area (Å²) < 4.78 is 5.27. The third kappa shape index (κ3) is 2.07. The standard InChI is InChI=1S/C12H18O2/c1-8-6-9(2)11(12(3,4)13)10(7-8)14-5/h6-7,13H,1-5H3. The maximum atomic E-state index is 9.99. The normalized spacial score (nSPS) is 11.6. The van der Waals surface area contributed by atoms with Gasteiger partial charge >= 0.3 is 0 Å². The number of benzene rings is 1. The van der Waals surface area contributed by atoms with Gasteiger partial charge in [-0.25, -0.2) is 0 Å². The van der Waals surface area contributed by atoms with E-state index in [1.54, 1.807) is 21.0 Å². The highest BCUT2D eigenvalue weighted by Crippen LogP contribution is 2.33. The van der Waals surface area contributed by atoms with Gasteiger partial charge < -0.3 is 9.84 Å². The van der Waals surface area contributed by atoms with Gasteiger partial charge in [0, 0.05) is 5.56 Å². The molecular formula is C12H18O2. The van der Waals surface area contributed by atoms with Gasteiger partial charge in [-0.2, -0.15) is 0 Å². The van der Waals surface area contributed by atoms with Gasteiger partial charge in [-0.15, -0.1) is 0 Å². The zero-order chi connectivity index (χ0) is 10.9. The van der Waals surface area contributed by atoms with Crippen LogP contribution in [0.25, 0.3) is 0 Å². The van der Waals surface area contributed by atoms with Crippen LogP contribution in [-0.2, 0) is 5.60 Å². The third-order valence-electron chi connectivity index (χ3n) is 2.28. The van der Waals surface area contributed by atoms with E-state index in [2.05, 4.69) is 6.07 Å². The number of rotatable bonds is 2. The molecule has 14 heavy (non-hydrogen) atoms. The highest BCUT2D eigenvalue weighted by molar-refractivity contribution is 5.45. The van der Waals surface area contributed by atoms with Gasteiger partial charge in [0.25, 0.3) is 0 Å². The second kappa shape index (κ2) is 3.62. The summed E-state index contributed by atoms with van der Waals surface area (Å²) in [7, 11) is 1.63. The molecule has 0 unspecified atom stereocenters. The van der Waals surface area contributed by atoms with Crippen LogP contribution in [0.1, 0.15) is 30.5 Å². The molecule has 0 aromatic heterocycles. The maximum Gasteiger partial charge on any atom is 0.125 e. The van der Waals surface area contributed by atoms with Crippen LogP contribution in [0.5, 0.6) is 5.75 Å². The Balaban J connectivity index is 3.40. The molecule has 78 valence electrons. The van der Waals surface area contributed by atoms with Gasteiger partial charge in [0.05, 0.1) is 12.7 Å². The molecule has 0 atom stereocenters. The van der Waals surface area contributed by atoms with Crippen molar-refractivity contribution in [2.75, 3.05) is 7.11 Å². The monoisotopic (exact) mass is 194 g/mol. The molecule has 0 bridgehead atoms. The van der Waals surface area contributed by atoms with E-state index in [0.29, 0.717) is 0 Å². The average molecular weight is 194 g/mol. The molecular weight excluding hydrogens is 176 g/mol. The second-order valence-electron chi connectivity index (χ2n) is 4.22. The van der Waals surface area contributed by atoms with Crippen LogP contribution in [0.4, 0.5) is 0 Å². The fraction of sp³-hybridized carbons (Fsp3) is 0.500. The lowest BCUT2D eigenvalue weighted by atomic mass is 9.91. The zero-order valence-electron chi connectivity index (χ0n) is 9.51. The summed E-state index contributed by atoms with van der Waals surface area (Å²) in [5.74, 6) is 0.759. The highest BCUT2D eigenvalue weighted by Gasteiger charge is 2.23. The number of aliphatic hydroxyl groups is 1. The first-order valence-electron chi connectivity index (χ1n) is 4.74. The van der Waals surface area contributed by atoms with Crippen molar-refractivity contribution in [1.29, 1.82) is 0 Å². The number of hydrogen-bond donors (Lipinski definition) is 1. The minimum Gasteiger partial charge on any atom is -0.496 e. The number of aryl methyl sites for hydroxylation is 2. The molecule has 0 aliphatic carbocycles. The van der Waals surface area contributed by atoms with E-state index in [0.717, 1.165) is 22.4 Å². The van der Waals surface area contributed by atoms with E-state index in [1.165, 1.54) is 0 Å². The minimum absolute atomic E-state index is 0.759. The molecule has 0 heterocycles. The molecule has 0 aliphatic heterocycles. The molecule has 1 aromatic carbocycles. The van der Waals surface area contributed by atoms with Crippen molar-refractivity contribution >= 4 is 0 Å². The summed E-state index contributed by atoms with van der Waals surface area (Å²) in [4.78, 5) is 0. The summed E-state index contributed by atoms with van der Waals surface area (Å²) in [6, 6.07) is 4.00. The first kappa shape index (κ1) is 11.1. The molecule has 1 rings (SSSR count). The largest absolute Gasteiger partial charge is 0.496 e. The number of hydrogen-bond acceptors (Lipinski definition) is 2. The van der Waals surface area contributed by atoms with Crippen LogP contribution in [0.15, 0.2) is 12.1 Å². The first-order valence-corrected chi connectivity index (χ1v) is 4.74. The highest BCUT2D eigenvalue weighted by atomic mass is 16.5. The van der Waals surface area contributed by atoms with Crippen LogP contribution < -0.4 is 4.74 Å². The van der Waals surface area contributed by atoms with Crippen molar-refractivity contribution in [2.45, 2.75) is 33.3 Å². The SMILES string of the molecule is COc1cc(C)cc(C)c1C(C)(C)O. The molecule has 0 spiro atoms. The van der Waals surface area contributed by atoms with E-state index in [4.69, 9.17) is 4.74 Å². The molecule has 2 nitrogen and oxygen atoms in total. The molecule has 1 N–H and O–H groups in total. The fourth-order valence-electron chi connectivity index (χ4n) is 1.87. The van der Waals surface area contributed by atoms with Gasteiger partial charge in [-0.1, -0.05) is 6.07 Å². The quantitative estimate of drug-likeness (QED) is 0.784. The summed E-state index contributed by atoms with van der Waals surface area (Å²) in [5, 5.41) is 9.99. The van der Waals surface area contributed by atoms with E-state index in [-0.39, 0.29) is 0 Å². The van der Waals surface area contributed by atoms with Crippen molar-refractivity contribution in [3.8, 4) is 5.75 Å². The van der Waals surface area contributed by atoms with E-state index < -0.39 is 5.60 Å². The van der Waals surface area contributed by atoms with Gasteiger partial charge in [-0.3, -0.25) is 0 Å². The molecule has 0 amide bonds. The van der Waals surface area contributed by atoms with E-state index >= 15 is 0 Å². The summed E-state index contributed by atoms with van der Waals surface area (Å²) in [6.07, 6.45) is 0. The molecule has 2 heteroatoms. The Bertz CT molecular complexity index is 335. The lowest BCUT2D eigenvalue weighted by Gasteiger charge is -2.23. The molecule has 1 aromatic rings. The van der Waals surface area contributed by atoms with E-state index in [1.807, 2.05) is 19.9 Å². The Morgan fingerprint density at radius 1 is 1.21 bits per heavy atom. The van der Waals surface area contributed by atoms with Crippen LogP contribution in [-0.4, -0.2) is 12.2 Å². The van der Waals surface area contributed by atoms with Gasteiger partial charge in [0.1, 0.15) is 5.75 Å². The second-order valence-corrected chi connectivity index (χ2v) is 4.22. The number of ether oxygens (including phenoxy) is 1. The lowest BCUT2D eigenvalue weighted by molar-refractivity contribution is 0.0749. The minimum atomic E-state index is -0.858. The smallest absolute Gasteiger partial charge is 0.125 e.